The van der Waals surface area contributed by atoms with Crippen LogP contribution in [0.4, 0.5) is 4.39 Å². The Morgan fingerprint density at radius 1 is 1.31 bits per heavy atom. The Morgan fingerprint density at radius 2 is 2.00 bits per heavy atom. The summed E-state index contributed by atoms with van der Waals surface area (Å²) >= 11 is 0. The molecule has 0 aliphatic heterocycles. The summed E-state index contributed by atoms with van der Waals surface area (Å²) in [6, 6.07) is 8.01. The molecule has 0 atom stereocenters. The van der Waals surface area contributed by atoms with Crippen molar-refractivity contribution in [2.45, 2.75) is 0 Å². The van der Waals surface area contributed by atoms with Crippen molar-refractivity contribution in [1.29, 1.82) is 0 Å². The fourth-order valence-corrected chi connectivity index (χ4v) is 1.14. The molecule has 0 spiro atoms. The van der Waals surface area contributed by atoms with Crippen LogP contribution in [0.2, 0.25) is 0 Å². The van der Waals surface area contributed by atoms with Gasteiger partial charge in [0, 0.05) is 12.6 Å². The molecule has 3 heteroatoms. The van der Waals surface area contributed by atoms with Crippen molar-refractivity contribution < 1.29 is 4.39 Å². The summed E-state index contributed by atoms with van der Waals surface area (Å²) < 4.78 is 14.2. The lowest BCUT2D eigenvalue weighted by Crippen LogP contribution is -1.88. The lowest BCUT2D eigenvalue weighted by molar-refractivity contribution is 0.628. The fourth-order valence-electron chi connectivity index (χ4n) is 1.14. The van der Waals surface area contributed by atoms with E-state index in [2.05, 4.69) is 11.3 Å². The highest BCUT2D eigenvalue weighted by atomic mass is 19.1. The van der Waals surface area contributed by atoms with Crippen LogP contribution in [0, 0.1) is 12.0 Å². The second-order valence-electron chi connectivity index (χ2n) is 2.79. The summed E-state index contributed by atoms with van der Waals surface area (Å²) in [5.74, 6) is -0.233. The van der Waals surface area contributed by atoms with Gasteiger partial charge in [-0.25, -0.2) is 4.39 Å². The van der Waals surface area contributed by atoms with Crippen molar-refractivity contribution in [2.24, 2.45) is 7.05 Å². The summed E-state index contributed by atoms with van der Waals surface area (Å²) in [6.45, 7) is 0. The largest absolute Gasteiger partial charge is 0.266 e. The zero-order valence-electron chi connectivity index (χ0n) is 7.16. The highest BCUT2D eigenvalue weighted by molar-refractivity contribution is 5.57. The lowest BCUT2D eigenvalue weighted by atomic mass is 10.1. The van der Waals surface area contributed by atoms with E-state index in [1.54, 1.807) is 29.9 Å². The lowest BCUT2D eigenvalue weighted by Gasteiger charge is -1.94. The van der Waals surface area contributed by atoms with Crippen molar-refractivity contribution in [1.82, 2.24) is 9.78 Å². The summed E-state index contributed by atoms with van der Waals surface area (Å²) in [4.78, 5) is 0. The Hall–Kier alpha value is -1.64. The van der Waals surface area contributed by atoms with Gasteiger partial charge in [0.05, 0.1) is 11.9 Å². The predicted molar refractivity (Wildman–Crippen MR) is 47.4 cm³/mol. The molecule has 0 bridgehead atoms. The van der Waals surface area contributed by atoms with E-state index in [4.69, 9.17) is 0 Å². The van der Waals surface area contributed by atoms with Gasteiger partial charge in [-0.2, -0.15) is 5.10 Å². The average Bonchev–Trinajstić information content (AvgIpc) is 2.53. The maximum atomic E-state index is 12.6. The fraction of sp³-hybridized carbons (Fsp3) is 0.100. The second kappa shape index (κ2) is 3.01. The first-order chi connectivity index (χ1) is 6.25. The first-order valence-electron chi connectivity index (χ1n) is 3.93. The molecule has 1 heterocycles. The van der Waals surface area contributed by atoms with Crippen LogP contribution in [-0.4, -0.2) is 9.78 Å². The third kappa shape index (κ3) is 1.59. The van der Waals surface area contributed by atoms with Crippen molar-refractivity contribution in [3.63, 3.8) is 0 Å². The van der Waals surface area contributed by atoms with Gasteiger partial charge < -0.3 is 0 Å². The third-order valence-electron chi connectivity index (χ3n) is 1.79. The van der Waals surface area contributed by atoms with Gasteiger partial charge in [0.15, 0.2) is 0 Å². The molecule has 2 rings (SSSR count). The van der Waals surface area contributed by atoms with E-state index >= 15 is 0 Å². The van der Waals surface area contributed by atoms with E-state index in [1.807, 2.05) is 0 Å². The minimum atomic E-state index is -0.233. The highest BCUT2D eigenvalue weighted by Crippen LogP contribution is 2.16. The number of benzene rings is 1. The van der Waals surface area contributed by atoms with E-state index in [9.17, 15) is 4.39 Å². The number of aromatic nitrogens is 2. The normalized spacial score (nSPS) is 10.3. The third-order valence-corrected chi connectivity index (χ3v) is 1.79. The van der Waals surface area contributed by atoms with E-state index in [0.29, 0.717) is 0 Å². The Balaban J connectivity index is 2.41. The van der Waals surface area contributed by atoms with Gasteiger partial charge in [-0.15, -0.1) is 0 Å². The van der Waals surface area contributed by atoms with E-state index < -0.39 is 0 Å². The zero-order chi connectivity index (χ0) is 9.26. The summed E-state index contributed by atoms with van der Waals surface area (Å²) in [5.41, 5.74) is 1.71. The van der Waals surface area contributed by atoms with Crippen molar-refractivity contribution in [3.8, 4) is 11.3 Å². The second-order valence-corrected chi connectivity index (χ2v) is 2.79. The SMILES string of the molecule is Cn1[c]cc(-c2ccc(F)cc2)n1. The van der Waals surface area contributed by atoms with Gasteiger partial charge in [-0.1, -0.05) is 0 Å². The molecule has 0 amide bonds. The van der Waals surface area contributed by atoms with Gasteiger partial charge in [0.1, 0.15) is 5.82 Å². The first-order valence-corrected chi connectivity index (χ1v) is 3.93. The molecule has 1 aromatic carbocycles. The molecule has 0 aliphatic rings. The predicted octanol–water partition coefficient (Wildman–Crippen LogP) is 2.03. The van der Waals surface area contributed by atoms with Crippen molar-refractivity contribution in [2.75, 3.05) is 0 Å². The van der Waals surface area contributed by atoms with Crippen LogP contribution in [-0.2, 0) is 7.05 Å². The van der Waals surface area contributed by atoms with Crippen LogP contribution < -0.4 is 0 Å². The Bertz CT molecular complexity index is 403. The van der Waals surface area contributed by atoms with Crippen LogP contribution in [0.3, 0.4) is 0 Å². The van der Waals surface area contributed by atoms with Gasteiger partial charge >= 0.3 is 0 Å². The Kier molecular flexibility index (Phi) is 1.85. The standard InChI is InChI=1S/C10H8FN2/c1-13-7-6-10(12-13)8-2-4-9(11)5-3-8/h2-6H,1H3. The molecule has 1 radical (unpaired) electrons. The van der Waals surface area contributed by atoms with Gasteiger partial charge in [0.2, 0.25) is 0 Å². The number of hydrogen-bond acceptors (Lipinski definition) is 1. The van der Waals surface area contributed by atoms with Gasteiger partial charge in [-0.05, 0) is 30.3 Å². The summed E-state index contributed by atoms with van der Waals surface area (Å²) in [7, 11) is 1.80. The molecular formula is C10H8FN2. The van der Waals surface area contributed by atoms with Gasteiger partial charge in [-0.3, -0.25) is 4.68 Å². The van der Waals surface area contributed by atoms with E-state index in [1.165, 1.54) is 12.1 Å². The first kappa shape index (κ1) is 7.98. The minimum absolute atomic E-state index is 0.233. The zero-order valence-corrected chi connectivity index (χ0v) is 7.16. The number of nitrogens with zero attached hydrogens (tertiary/aromatic N) is 2. The molecular weight excluding hydrogens is 167 g/mol. The van der Waals surface area contributed by atoms with Crippen LogP contribution in [0.5, 0.6) is 0 Å². The maximum absolute atomic E-state index is 12.6. The topological polar surface area (TPSA) is 17.8 Å². The molecule has 0 saturated heterocycles. The number of rotatable bonds is 1. The van der Waals surface area contributed by atoms with Crippen molar-refractivity contribution >= 4 is 0 Å². The van der Waals surface area contributed by atoms with Crippen LogP contribution >= 0.6 is 0 Å². The molecule has 2 aromatic rings. The number of aryl methyl sites for hydroxylation is 1. The molecule has 65 valence electrons. The van der Waals surface area contributed by atoms with E-state index in [0.717, 1.165) is 11.3 Å². The van der Waals surface area contributed by atoms with Crippen molar-refractivity contribution in [3.05, 3.63) is 42.3 Å². The van der Waals surface area contributed by atoms with Crippen LogP contribution in [0.15, 0.2) is 30.3 Å². The summed E-state index contributed by atoms with van der Waals surface area (Å²) in [5, 5.41) is 4.15. The van der Waals surface area contributed by atoms with E-state index in [-0.39, 0.29) is 5.82 Å². The Labute approximate surface area is 75.6 Å². The molecule has 2 nitrogen and oxygen atoms in total. The minimum Gasteiger partial charge on any atom is -0.266 e. The Morgan fingerprint density at radius 3 is 2.54 bits per heavy atom. The van der Waals surface area contributed by atoms with Crippen LogP contribution in [0.25, 0.3) is 11.3 Å². The molecule has 1 aromatic heterocycles. The van der Waals surface area contributed by atoms with Gasteiger partial charge in [0.25, 0.3) is 0 Å². The molecule has 0 unspecified atom stereocenters. The molecule has 0 N–H and O–H groups in total. The maximum Gasteiger partial charge on any atom is 0.123 e. The number of hydrogen-bond donors (Lipinski definition) is 0. The molecule has 13 heavy (non-hydrogen) atoms. The molecule has 0 saturated carbocycles. The summed E-state index contributed by atoms with van der Waals surface area (Å²) in [6.07, 6.45) is 2.89. The van der Waals surface area contributed by atoms with Crippen LogP contribution in [0.1, 0.15) is 0 Å². The molecule has 0 fully saturated rings. The smallest absolute Gasteiger partial charge is 0.123 e. The monoisotopic (exact) mass is 175 g/mol. The molecule has 0 aliphatic carbocycles. The number of halogens is 1. The highest BCUT2D eigenvalue weighted by Gasteiger charge is 2.00. The average molecular weight is 175 g/mol. The quantitative estimate of drug-likeness (QED) is 0.648.